The highest BCUT2D eigenvalue weighted by Gasteiger charge is 2.30. The summed E-state index contributed by atoms with van der Waals surface area (Å²) in [4.78, 5) is 10.8. The monoisotopic (exact) mass is 278 g/mol. The van der Waals surface area contributed by atoms with Gasteiger partial charge in [-0.25, -0.2) is 0 Å². The lowest BCUT2D eigenvalue weighted by Gasteiger charge is -2.27. The highest BCUT2D eigenvalue weighted by Crippen LogP contribution is 2.16. The predicted molar refractivity (Wildman–Crippen MR) is 68.5 cm³/mol. The van der Waals surface area contributed by atoms with Crippen molar-refractivity contribution in [3.63, 3.8) is 0 Å². The second-order valence-corrected chi connectivity index (χ2v) is 6.48. The fourth-order valence-corrected chi connectivity index (χ4v) is 3.85. The third kappa shape index (κ3) is 4.22. The zero-order valence-corrected chi connectivity index (χ0v) is 11.7. The summed E-state index contributed by atoms with van der Waals surface area (Å²) >= 11 is 0. The van der Waals surface area contributed by atoms with Gasteiger partial charge in [0, 0.05) is 19.6 Å². The standard InChI is InChI=1S/C11H22N2O4S/c1-2-7-13(10-11(14)15)18(16,17)12-8-5-3-4-6-9-12/h2-10H2,1H3,(H,14,15). The second kappa shape index (κ2) is 7.06. The van der Waals surface area contributed by atoms with Gasteiger partial charge in [0.1, 0.15) is 6.54 Å². The largest absolute Gasteiger partial charge is 0.480 e. The smallest absolute Gasteiger partial charge is 0.318 e. The molecule has 0 aromatic carbocycles. The minimum Gasteiger partial charge on any atom is -0.480 e. The summed E-state index contributed by atoms with van der Waals surface area (Å²) in [6.45, 7) is 2.65. The van der Waals surface area contributed by atoms with Crippen molar-refractivity contribution in [2.45, 2.75) is 39.0 Å². The van der Waals surface area contributed by atoms with Crippen LogP contribution < -0.4 is 0 Å². The number of hydrogen-bond donors (Lipinski definition) is 1. The Morgan fingerprint density at radius 2 is 1.78 bits per heavy atom. The highest BCUT2D eigenvalue weighted by atomic mass is 32.2. The fraction of sp³-hybridized carbons (Fsp3) is 0.909. The molecule has 0 saturated carbocycles. The second-order valence-electron chi connectivity index (χ2n) is 4.55. The van der Waals surface area contributed by atoms with Crippen molar-refractivity contribution < 1.29 is 18.3 Å². The first-order valence-corrected chi connectivity index (χ1v) is 7.85. The van der Waals surface area contributed by atoms with Gasteiger partial charge in [0.25, 0.3) is 10.2 Å². The lowest BCUT2D eigenvalue weighted by atomic mass is 10.2. The van der Waals surface area contributed by atoms with Crippen molar-refractivity contribution in [2.75, 3.05) is 26.2 Å². The third-order valence-electron chi connectivity index (χ3n) is 3.00. The Balaban J connectivity index is 2.81. The van der Waals surface area contributed by atoms with Crippen molar-refractivity contribution in [2.24, 2.45) is 0 Å². The number of nitrogens with zero attached hydrogens (tertiary/aromatic N) is 2. The summed E-state index contributed by atoms with van der Waals surface area (Å²) in [5, 5.41) is 8.80. The van der Waals surface area contributed by atoms with E-state index in [-0.39, 0.29) is 6.54 Å². The third-order valence-corrected chi connectivity index (χ3v) is 4.98. The molecule has 18 heavy (non-hydrogen) atoms. The van der Waals surface area contributed by atoms with Crippen LogP contribution in [0.1, 0.15) is 39.0 Å². The van der Waals surface area contributed by atoms with Gasteiger partial charge in [0.15, 0.2) is 0 Å². The lowest BCUT2D eigenvalue weighted by Crippen LogP contribution is -2.46. The average molecular weight is 278 g/mol. The minimum absolute atomic E-state index is 0.255. The van der Waals surface area contributed by atoms with E-state index >= 15 is 0 Å². The zero-order valence-electron chi connectivity index (χ0n) is 10.8. The van der Waals surface area contributed by atoms with Crippen LogP contribution in [0.4, 0.5) is 0 Å². The average Bonchev–Trinajstić information content (AvgIpc) is 2.56. The van der Waals surface area contributed by atoms with Gasteiger partial charge in [-0.1, -0.05) is 19.8 Å². The van der Waals surface area contributed by atoms with Crippen LogP contribution in [0, 0.1) is 0 Å². The van der Waals surface area contributed by atoms with Gasteiger partial charge in [-0.3, -0.25) is 4.79 Å². The van der Waals surface area contributed by atoms with Crippen LogP contribution in [0.5, 0.6) is 0 Å². The summed E-state index contributed by atoms with van der Waals surface area (Å²) in [7, 11) is -3.62. The van der Waals surface area contributed by atoms with Gasteiger partial charge >= 0.3 is 5.97 Å². The molecule has 1 aliphatic heterocycles. The van der Waals surface area contributed by atoms with Crippen molar-refractivity contribution in [1.82, 2.24) is 8.61 Å². The van der Waals surface area contributed by atoms with Gasteiger partial charge in [-0.2, -0.15) is 17.0 Å². The highest BCUT2D eigenvalue weighted by molar-refractivity contribution is 7.86. The SMILES string of the molecule is CCCN(CC(=O)O)S(=O)(=O)N1CCCCCC1. The molecular formula is C11H22N2O4S. The molecule has 0 amide bonds. The quantitative estimate of drug-likeness (QED) is 0.783. The fourth-order valence-electron chi connectivity index (χ4n) is 2.11. The Labute approximate surface area is 109 Å². The normalized spacial score (nSPS) is 18.8. The molecule has 6 nitrogen and oxygen atoms in total. The number of rotatable bonds is 6. The number of aliphatic carboxylic acids is 1. The number of carboxylic acid groups (broad SMARTS) is 1. The molecule has 1 rings (SSSR count). The van der Waals surface area contributed by atoms with E-state index in [0.29, 0.717) is 19.5 Å². The topological polar surface area (TPSA) is 77.9 Å². The van der Waals surface area contributed by atoms with Crippen molar-refractivity contribution in [1.29, 1.82) is 0 Å². The summed E-state index contributed by atoms with van der Waals surface area (Å²) in [6.07, 6.45) is 4.40. The van der Waals surface area contributed by atoms with Crippen LogP contribution >= 0.6 is 0 Å². The molecule has 1 heterocycles. The Hall–Kier alpha value is -0.660. The lowest BCUT2D eigenvalue weighted by molar-refractivity contribution is -0.137. The summed E-state index contributed by atoms with van der Waals surface area (Å²) in [5.41, 5.74) is 0. The molecule has 106 valence electrons. The van der Waals surface area contributed by atoms with Gasteiger partial charge in [-0.05, 0) is 19.3 Å². The van der Waals surface area contributed by atoms with Crippen LogP contribution in [0.15, 0.2) is 0 Å². The molecule has 0 unspecified atom stereocenters. The van der Waals surface area contributed by atoms with E-state index in [9.17, 15) is 13.2 Å². The van der Waals surface area contributed by atoms with Gasteiger partial charge < -0.3 is 5.11 Å². The van der Waals surface area contributed by atoms with Crippen molar-refractivity contribution >= 4 is 16.2 Å². The maximum absolute atomic E-state index is 12.4. The maximum Gasteiger partial charge on any atom is 0.318 e. The van der Waals surface area contributed by atoms with Gasteiger partial charge in [0.2, 0.25) is 0 Å². The maximum atomic E-state index is 12.4. The molecule has 0 radical (unpaired) electrons. The van der Waals surface area contributed by atoms with Crippen LogP contribution in [-0.4, -0.2) is 54.3 Å². The van der Waals surface area contributed by atoms with Gasteiger partial charge in [-0.15, -0.1) is 0 Å². The first kappa shape index (κ1) is 15.4. The molecule has 1 N–H and O–H groups in total. The molecule has 1 fully saturated rings. The Kier molecular flexibility index (Phi) is 6.04. The zero-order chi connectivity index (χ0) is 13.6. The van der Waals surface area contributed by atoms with E-state index in [2.05, 4.69) is 0 Å². The molecule has 0 bridgehead atoms. The van der Waals surface area contributed by atoms with Gasteiger partial charge in [0.05, 0.1) is 0 Å². The van der Waals surface area contributed by atoms with E-state index in [1.165, 1.54) is 4.31 Å². The number of carbonyl (C=O) groups is 1. The molecule has 0 aliphatic carbocycles. The molecule has 1 saturated heterocycles. The Bertz CT molecular complexity index is 361. The van der Waals surface area contributed by atoms with E-state index in [0.717, 1.165) is 30.0 Å². The van der Waals surface area contributed by atoms with Crippen LogP contribution in [0.2, 0.25) is 0 Å². The molecule has 0 spiro atoms. The molecule has 0 atom stereocenters. The number of hydrogen-bond acceptors (Lipinski definition) is 3. The predicted octanol–water partition coefficient (Wildman–Crippen LogP) is 0.904. The molecule has 0 aromatic heterocycles. The molecule has 0 aromatic rings. The first-order chi connectivity index (χ1) is 8.48. The van der Waals surface area contributed by atoms with Crippen LogP contribution in [0.25, 0.3) is 0 Å². The summed E-state index contributed by atoms with van der Waals surface area (Å²) in [5.74, 6) is -1.11. The van der Waals surface area contributed by atoms with Crippen LogP contribution in [0.3, 0.4) is 0 Å². The van der Waals surface area contributed by atoms with Crippen LogP contribution in [-0.2, 0) is 15.0 Å². The Morgan fingerprint density at radius 1 is 1.22 bits per heavy atom. The Morgan fingerprint density at radius 3 is 2.22 bits per heavy atom. The molecule has 1 aliphatic rings. The summed E-state index contributed by atoms with van der Waals surface area (Å²) < 4.78 is 27.2. The van der Waals surface area contributed by atoms with Crippen molar-refractivity contribution in [3.05, 3.63) is 0 Å². The van der Waals surface area contributed by atoms with E-state index in [4.69, 9.17) is 5.11 Å². The number of carboxylic acids is 1. The van der Waals surface area contributed by atoms with E-state index in [1.807, 2.05) is 6.92 Å². The minimum atomic E-state index is -3.62. The molecular weight excluding hydrogens is 256 g/mol. The first-order valence-electron chi connectivity index (χ1n) is 6.45. The van der Waals surface area contributed by atoms with E-state index in [1.54, 1.807) is 0 Å². The molecule has 7 heteroatoms. The van der Waals surface area contributed by atoms with E-state index < -0.39 is 22.7 Å². The summed E-state index contributed by atoms with van der Waals surface area (Å²) in [6, 6.07) is 0. The van der Waals surface area contributed by atoms with Crippen molar-refractivity contribution in [3.8, 4) is 0 Å².